The van der Waals surface area contributed by atoms with Crippen molar-refractivity contribution in [2.75, 3.05) is 13.1 Å². The van der Waals surface area contributed by atoms with E-state index in [1.807, 2.05) is 16.9 Å². The van der Waals surface area contributed by atoms with E-state index in [0.29, 0.717) is 0 Å². The summed E-state index contributed by atoms with van der Waals surface area (Å²) in [6, 6.07) is 10.4. The fourth-order valence-electron chi connectivity index (χ4n) is 2.08. The molecular weight excluding hydrogens is 234 g/mol. The van der Waals surface area contributed by atoms with Gasteiger partial charge in [-0.15, -0.1) is 0 Å². The third kappa shape index (κ3) is 4.52. The molecule has 3 nitrogen and oxygen atoms in total. The fraction of sp³-hybridized carbons (Fsp3) is 0.438. The summed E-state index contributed by atoms with van der Waals surface area (Å²) < 4.78 is 2.01. The molecule has 0 aliphatic carbocycles. The minimum absolute atomic E-state index is 0.930. The van der Waals surface area contributed by atoms with Gasteiger partial charge in [0.2, 0.25) is 0 Å². The smallest absolute Gasteiger partial charge is 0.0568 e. The van der Waals surface area contributed by atoms with E-state index in [2.05, 4.69) is 47.8 Å². The van der Waals surface area contributed by atoms with E-state index in [1.54, 1.807) is 0 Å². The molecule has 19 heavy (non-hydrogen) atoms. The highest BCUT2D eigenvalue weighted by Gasteiger charge is 2.00. The highest BCUT2D eigenvalue weighted by Crippen LogP contribution is 2.17. The first-order valence-corrected chi connectivity index (χ1v) is 7.18. The van der Waals surface area contributed by atoms with Crippen molar-refractivity contribution in [1.29, 1.82) is 0 Å². The maximum Gasteiger partial charge on any atom is 0.0568 e. The van der Waals surface area contributed by atoms with Gasteiger partial charge in [-0.25, -0.2) is 0 Å². The van der Waals surface area contributed by atoms with Crippen LogP contribution in [0, 0.1) is 0 Å². The summed E-state index contributed by atoms with van der Waals surface area (Å²) in [4.78, 5) is 0. The Balaban J connectivity index is 1.75. The van der Waals surface area contributed by atoms with Crippen molar-refractivity contribution >= 4 is 0 Å². The van der Waals surface area contributed by atoms with Crippen molar-refractivity contribution in [3.63, 3.8) is 0 Å². The maximum absolute atomic E-state index is 4.40. The number of hydrogen-bond acceptors (Lipinski definition) is 2. The van der Waals surface area contributed by atoms with Crippen LogP contribution in [0.1, 0.15) is 26.2 Å². The number of hydrogen-bond donors (Lipinski definition) is 1. The lowest BCUT2D eigenvalue weighted by atomic mass is 10.1. The molecule has 0 atom stereocenters. The molecule has 1 aromatic carbocycles. The standard InChI is InChI=1S/C16H23N3/c1-2-3-7-10-17-11-12-19-14-16(13-18-19)15-8-5-4-6-9-15/h4-6,8-9,13-14,17H,2-3,7,10-12H2,1H3. The van der Waals surface area contributed by atoms with Crippen LogP contribution in [-0.2, 0) is 6.54 Å². The summed E-state index contributed by atoms with van der Waals surface area (Å²) in [5.74, 6) is 0. The van der Waals surface area contributed by atoms with Crippen molar-refractivity contribution in [2.24, 2.45) is 0 Å². The van der Waals surface area contributed by atoms with E-state index in [-0.39, 0.29) is 0 Å². The van der Waals surface area contributed by atoms with Crippen molar-refractivity contribution in [2.45, 2.75) is 32.7 Å². The second-order valence-electron chi connectivity index (χ2n) is 4.82. The minimum atomic E-state index is 0.930. The van der Waals surface area contributed by atoms with Crippen LogP contribution in [0.3, 0.4) is 0 Å². The maximum atomic E-state index is 4.40. The van der Waals surface area contributed by atoms with Crippen LogP contribution in [0.25, 0.3) is 11.1 Å². The van der Waals surface area contributed by atoms with Gasteiger partial charge >= 0.3 is 0 Å². The molecule has 0 saturated heterocycles. The Kier molecular flexibility index (Phi) is 5.63. The molecule has 102 valence electrons. The van der Waals surface area contributed by atoms with E-state index in [9.17, 15) is 0 Å². The second kappa shape index (κ2) is 7.74. The monoisotopic (exact) mass is 257 g/mol. The molecule has 0 unspecified atom stereocenters. The molecular formula is C16H23N3. The van der Waals surface area contributed by atoms with Crippen LogP contribution in [0.2, 0.25) is 0 Å². The molecule has 1 heterocycles. The van der Waals surface area contributed by atoms with Crippen LogP contribution >= 0.6 is 0 Å². The van der Waals surface area contributed by atoms with Crippen LogP contribution in [0.5, 0.6) is 0 Å². The summed E-state index contributed by atoms with van der Waals surface area (Å²) in [6.07, 6.45) is 7.91. The molecule has 0 bridgehead atoms. The molecule has 2 rings (SSSR count). The number of nitrogens with one attached hydrogen (secondary N) is 1. The Hall–Kier alpha value is -1.61. The van der Waals surface area contributed by atoms with Crippen molar-refractivity contribution in [3.8, 4) is 11.1 Å². The van der Waals surface area contributed by atoms with E-state index in [0.717, 1.165) is 19.6 Å². The van der Waals surface area contributed by atoms with Gasteiger partial charge in [-0.05, 0) is 18.5 Å². The van der Waals surface area contributed by atoms with Crippen molar-refractivity contribution in [3.05, 3.63) is 42.7 Å². The Morgan fingerprint density at radius 3 is 2.68 bits per heavy atom. The lowest BCUT2D eigenvalue weighted by Gasteiger charge is -2.04. The Morgan fingerprint density at radius 2 is 1.89 bits per heavy atom. The van der Waals surface area contributed by atoms with Gasteiger partial charge in [-0.2, -0.15) is 5.10 Å². The summed E-state index contributed by atoms with van der Waals surface area (Å²) in [5, 5.41) is 7.86. The Labute approximate surface area is 115 Å². The number of aromatic nitrogens is 2. The summed E-state index contributed by atoms with van der Waals surface area (Å²) >= 11 is 0. The molecule has 3 heteroatoms. The van der Waals surface area contributed by atoms with Crippen molar-refractivity contribution in [1.82, 2.24) is 15.1 Å². The lowest BCUT2D eigenvalue weighted by molar-refractivity contribution is 0.539. The summed E-state index contributed by atoms with van der Waals surface area (Å²) in [6.45, 7) is 5.26. The third-order valence-electron chi connectivity index (χ3n) is 3.22. The average Bonchev–Trinajstić information content (AvgIpc) is 2.92. The summed E-state index contributed by atoms with van der Waals surface area (Å²) in [5.41, 5.74) is 2.41. The van der Waals surface area contributed by atoms with Gasteiger partial charge in [-0.3, -0.25) is 4.68 Å². The molecule has 0 amide bonds. The predicted molar refractivity (Wildman–Crippen MR) is 80.1 cm³/mol. The molecule has 0 aliphatic rings. The van der Waals surface area contributed by atoms with Gasteiger partial charge in [0.05, 0.1) is 12.7 Å². The van der Waals surface area contributed by atoms with Crippen LogP contribution in [-0.4, -0.2) is 22.9 Å². The van der Waals surface area contributed by atoms with Crippen LogP contribution in [0.15, 0.2) is 42.7 Å². The van der Waals surface area contributed by atoms with Gasteiger partial charge < -0.3 is 5.32 Å². The quantitative estimate of drug-likeness (QED) is 0.735. The molecule has 0 aliphatic heterocycles. The van der Waals surface area contributed by atoms with E-state index < -0.39 is 0 Å². The molecule has 2 aromatic rings. The zero-order valence-corrected chi connectivity index (χ0v) is 11.7. The van der Waals surface area contributed by atoms with E-state index in [4.69, 9.17) is 0 Å². The van der Waals surface area contributed by atoms with Crippen LogP contribution < -0.4 is 5.32 Å². The predicted octanol–water partition coefficient (Wildman–Crippen LogP) is 3.33. The zero-order chi connectivity index (χ0) is 13.3. The molecule has 0 spiro atoms. The van der Waals surface area contributed by atoms with Gasteiger partial charge in [0.15, 0.2) is 0 Å². The Bertz CT molecular complexity index is 462. The molecule has 1 aromatic heterocycles. The number of nitrogens with zero attached hydrogens (tertiary/aromatic N) is 2. The van der Waals surface area contributed by atoms with Gasteiger partial charge in [0, 0.05) is 18.3 Å². The minimum Gasteiger partial charge on any atom is -0.315 e. The molecule has 1 N–H and O–H groups in total. The lowest BCUT2D eigenvalue weighted by Crippen LogP contribution is -2.21. The first-order chi connectivity index (χ1) is 9.40. The second-order valence-corrected chi connectivity index (χ2v) is 4.82. The third-order valence-corrected chi connectivity index (χ3v) is 3.22. The van der Waals surface area contributed by atoms with Gasteiger partial charge in [0.25, 0.3) is 0 Å². The first kappa shape index (κ1) is 13.8. The first-order valence-electron chi connectivity index (χ1n) is 7.18. The average molecular weight is 257 g/mol. The molecule has 0 saturated carbocycles. The highest BCUT2D eigenvalue weighted by atomic mass is 15.3. The van der Waals surface area contributed by atoms with E-state index >= 15 is 0 Å². The largest absolute Gasteiger partial charge is 0.315 e. The van der Waals surface area contributed by atoms with Gasteiger partial charge in [0.1, 0.15) is 0 Å². The SMILES string of the molecule is CCCCCNCCn1cc(-c2ccccc2)cn1. The highest BCUT2D eigenvalue weighted by molar-refractivity contribution is 5.61. The molecule has 0 fully saturated rings. The van der Waals surface area contributed by atoms with Crippen LogP contribution in [0.4, 0.5) is 0 Å². The zero-order valence-electron chi connectivity index (χ0n) is 11.7. The summed E-state index contributed by atoms with van der Waals surface area (Å²) in [7, 11) is 0. The van der Waals surface area contributed by atoms with Gasteiger partial charge in [-0.1, -0.05) is 50.1 Å². The number of unbranched alkanes of at least 4 members (excludes halogenated alkanes) is 2. The fourth-order valence-corrected chi connectivity index (χ4v) is 2.08. The topological polar surface area (TPSA) is 29.9 Å². The van der Waals surface area contributed by atoms with Crippen molar-refractivity contribution < 1.29 is 0 Å². The Morgan fingerprint density at radius 1 is 1.05 bits per heavy atom. The van der Waals surface area contributed by atoms with E-state index in [1.165, 1.54) is 30.4 Å². The number of benzene rings is 1. The number of rotatable bonds is 8. The normalized spacial score (nSPS) is 10.8. The molecule has 0 radical (unpaired) electrons.